The maximum absolute atomic E-state index is 7.04. The van der Waals surface area contributed by atoms with Crippen LogP contribution in [0.3, 0.4) is 0 Å². The van der Waals surface area contributed by atoms with E-state index in [9.17, 15) is 0 Å². The molecule has 1 aliphatic heterocycles. The summed E-state index contributed by atoms with van der Waals surface area (Å²) in [5, 5.41) is 0. The molecule has 244 valence electrons. The summed E-state index contributed by atoms with van der Waals surface area (Å²) >= 11 is 0. The van der Waals surface area contributed by atoms with Crippen LogP contribution in [0.4, 0.5) is 0 Å². The fourth-order valence-electron chi connectivity index (χ4n) is 8.93. The van der Waals surface area contributed by atoms with Gasteiger partial charge in [0.25, 0.3) is 0 Å². The molecular formula is C47H41N3. The largest absolute Gasteiger partial charge is 0.398 e. The van der Waals surface area contributed by atoms with Crippen LogP contribution in [0.2, 0.25) is 0 Å². The molecule has 0 amide bonds. The van der Waals surface area contributed by atoms with Gasteiger partial charge < -0.3 is 5.73 Å². The Hall–Kier alpha value is -5.54. The maximum Gasteiger partial charge on any atom is 0.0688 e. The van der Waals surface area contributed by atoms with Gasteiger partial charge in [-0.2, -0.15) is 0 Å². The lowest BCUT2D eigenvalue weighted by molar-refractivity contribution is 0.537. The van der Waals surface area contributed by atoms with Crippen LogP contribution >= 0.6 is 0 Å². The van der Waals surface area contributed by atoms with Crippen LogP contribution in [0.5, 0.6) is 0 Å². The molecule has 2 N–H and O–H groups in total. The molecule has 5 aliphatic rings. The lowest BCUT2D eigenvalue weighted by Crippen LogP contribution is -2.30. The van der Waals surface area contributed by atoms with Gasteiger partial charge in [0.1, 0.15) is 0 Å². The summed E-state index contributed by atoms with van der Waals surface area (Å²) in [4.78, 5) is 10.1. The maximum atomic E-state index is 7.04. The molecule has 3 heteroatoms. The van der Waals surface area contributed by atoms with Crippen LogP contribution in [-0.2, 0) is 5.41 Å². The fourth-order valence-corrected chi connectivity index (χ4v) is 8.93. The first-order valence-electron chi connectivity index (χ1n) is 18.0. The van der Waals surface area contributed by atoms with Crippen molar-refractivity contribution in [3.05, 3.63) is 185 Å². The molecule has 3 nitrogen and oxygen atoms in total. The molecule has 3 atom stereocenters. The molecule has 1 heterocycles. The number of nitrogens with zero attached hydrogens (tertiary/aromatic N) is 2. The summed E-state index contributed by atoms with van der Waals surface area (Å²) in [5.41, 5.74) is 22.7. The lowest BCUT2D eigenvalue weighted by Gasteiger charge is -2.35. The van der Waals surface area contributed by atoms with Gasteiger partial charge in [-0.15, -0.1) is 0 Å². The number of nitrogens with two attached hydrogens (primary N) is 1. The van der Waals surface area contributed by atoms with Crippen LogP contribution < -0.4 is 5.73 Å². The van der Waals surface area contributed by atoms with Gasteiger partial charge >= 0.3 is 0 Å². The highest BCUT2D eigenvalue weighted by Crippen LogP contribution is 2.63. The van der Waals surface area contributed by atoms with Gasteiger partial charge in [0, 0.05) is 36.0 Å². The number of benzene rings is 4. The van der Waals surface area contributed by atoms with E-state index in [1.165, 1.54) is 44.5 Å². The molecule has 0 saturated heterocycles. The first kappa shape index (κ1) is 30.5. The van der Waals surface area contributed by atoms with E-state index in [-0.39, 0.29) is 17.4 Å². The minimum atomic E-state index is -0.339. The molecule has 9 rings (SSSR count). The average molecular weight is 648 g/mol. The molecule has 50 heavy (non-hydrogen) atoms. The zero-order valence-corrected chi connectivity index (χ0v) is 28.5. The second-order valence-corrected chi connectivity index (χ2v) is 14.1. The Kier molecular flexibility index (Phi) is 7.57. The van der Waals surface area contributed by atoms with Gasteiger partial charge in [0.2, 0.25) is 0 Å². The second kappa shape index (κ2) is 12.4. The third kappa shape index (κ3) is 4.87. The molecule has 0 bridgehead atoms. The van der Waals surface area contributed by atoms with Gasteiger partial charge in [0.15, 0.2) is 0 Å². The number of allylic oxidation sites excluding steroid dienone is 9. The summed E-state index contributed by atoms with van der Waals surface area (Å²) < 4.78 is 0. The topological polar surface area (TPSA) is 50.7 Å². The van der Waals surface area contributed by atoms with Crippen molar-refractivity contribution in [2.75, 3.05) is 6.54 Å². The smallest absolute Gasteiger partial charge is 0.0688 e. The number of aliphatic imine (C=N–C) groups is 2. The third-order valence-electron chi connectivity index (χ3n) is 11.3. The zero-order valence-electron chi connectivity index (χ0n) is 28.5. The van der Waals surface area contributed by atoms with E-state index in [1.54, 1.807) is 0 Å². The van der Waals surface area contributed by atoms with Crippen LogP contribution in [0.25, 0.3) is 28.0 Å². The second-order valence-electron chi connectivity index (χ2n) is 14.1. The van der Waals surface area contributed by atoms with Crippen LogP contribution in [0, 0.1) is 11.8 Å². The van der Waals surface area contributed by atoms with E-state index in [1.807, 2.05) is 6.21 Å². The number of hydrogen-bond donors (Lipinski definition) is 1. The highest BCUT2D eigenvalue weighted by molar-refractivity contribution is 6.11. The van der Waals surface area contributed by atoms with Gasteiger partial charge in [-0.3, -0.25) is 9.98 Å². The fraction of sp³-hybridized carbons (Fsp3) is 0.191. The highest BCUT2D eigenvalue weighted by Gasteiger charge is 2.53. The molecule has 0 radical (unpaired) electrons. The van der Waals surface area contributed by atoms with Crippen molar-refractivity contribution in [3.63, 3.8) is 0 Å². The predicted molar refractivity (Wildman–Crippen MR) is 210 cm³/mol. The summed E-state index contributed by atoms with van der Waals surface area (Å²) in [6.45, 7) is 3.10. The van der Waals surface area contributed by atoms with Crippen LogP contribution in [0.1, 0.15) is 59.6 Å². The van der Waals surface area contributed by atoms with Crippen molar-refractivity contribution in [1.82, 2.24) is 0 Å². The Morgan fingerprint density at radius 3 is 2.28 bits per heavy atom. The van der Waals surface area contributed by atoms with Gasteiger partial charge in [-0.1, -0.05) is 134 Å². The predicted octanol–water partition coefficient (Wildman–Crippen LogP) is 10.2. The molecular weight excluding hydrogens is 607 g/mol. The Morgan fingerprint density at radius 1 is 0.860 bits per heavy atom. The monoisotopic (exact) mass is 647 g/mol. The molecule has 4 aromatic carbocycles. The Bertz CT molecular complexity index is 2220. The number of fused-ring (bicyclic) bond motifs is 9. The first-order chi connectivity index (χ1) is 24.6. The Labute approximate surface area is 295 Å². The Balaban J connectivity index is 1.16. The minimum Gasteiger partial charge on any atom is -0.398 e. The van der Waals surface area contributed by atoms with Crippen molar-refractivity contribution in [3.8, 4) is 11.1 Å². The Morgan fingerprint density at radius 2 is 1.58 bits per heavy atom. The first-order valence-corrected chi connectivity index (χ1v) is 18.0. The van der Waals surface area contributed by atoms with E-state index >= 15 is 0 Å². The summed E-state index contributed by atoms with van der Waals surface area (Å²) in [5.74, 6) is 0.420. The van der Waals surface area contributed by atoms with Crippen molar-refractivity contribution in [1.29, 1.82) is 0 Å². The summed E-state index contributed by atoms with van der Waals surface area (Å²) in [7, 11) is 0. The zero-order chi connectivity index (χ0) is 33.7. The van der Waals surface area contributed by atoms with Crippen molar-refractivity contribution < 1.29 is 0 Å². The quantitative estimate of drug-likeness (QED) is 0.208. The van der Waals surface area contributed by atoms with Gasteiger partial charge in [-0.25, -0.2) is 0 Å². The number of dihydropyridines is 1. The SMILES string of the molecule is CC(N=C(/C=C(\N)c1cccc(C2=CCCN=C2)c1)C1C=CC2=C(C1)C1(c3ccccc32)c2ccccc2-c2ccccc21)C1C=CC=CC1. The van der Waals surface area contributed by atoms with Gasteiger partial charge in [-0.05, 0) is 99.6 Å². The van der Waals surface area contributed by atoms with Crippen molar-refractivity contribution in [2.45, 2.75) is 37.6 Å². The lowest BCUT2D eigenvalue weighted by atomic mass is 9.66. The van der Waals surface area contributed by atoms with E-state index in [0.717, 1.165) is 53.9 Å². The average Bonchev–Trinajstić information content (AvgIpc) is 3.65. The molecule has 3 unspecified atom stereocenters. The van der Waals surface area contributed by atoms with Crippen molar-refractivity contribution in [2.24, 2.45) is 27.6 Å². The molecule has 0 fully saturated rings. The summed E-state index contributed by atoms with van der Waals surface area (Å²) in [6, 6.07) is 35.8. The minimum absolute atomic E-state index is 0.0698. The molecule has 0 saturated carbocycles. The summed E-state index contributed by atoms with van der Waals surface area (Å²) in [6.07, 6.45) is 22.8. The van der Waals surface area contributed by atoms with Gasteiger partial charge in [0.05, 0.1) is 11.5 Å². The molecule has 0 aromatic heterocycles. The van der Waals surface area contributed by atoms with E-state index in [4.69, 9.17) is 10.7 Å². The normalized spacial score (nSPS) is 21.9. The van der Waals surface area contributed by atoms with Crippen molar-refractivity contribution >= 4 is 28.8 Å². The van der Waals surface area contributed by atoms with E-state index in [0.29, 0.717) is 5.92 Å². The van der Waals surface area contributed by atoms with E-state index in [2.05, 4.69) is 158 Å². The standard InChI is InChI=1S/C47H41N3/c1-31(32-13-3-2-4-14-32)50-46(29-45(48)34-16-11-15-33(27-34)36-17-12-26-49-30-36)35-24-25-40-39-20-7-10-23-43(39)47(44(40)28-35)41-21-8-5-18-37(41)38-19-6-9-22-42(38)47/h2-11,13,15-25,27,29-32,35H,12,14,26,28,48H2,1H3/b45-29-,50-46?. The molecule has 4 aliphatic carbocycles. The number of hydrogen-bond acceptors (Lipinski definition) is 3. The van der Waals surface area contributed by atoms with E-state index < -0.39 is 0 Å². The van der Waals surface area contributed by atoms with Crippen LogP contribution in [0.15, 0.2) is 161 Å². The number of rotatable bonds is 6. The third-order valence-corrected chi connectivity index (χ3v) is 11.3. The highest BCUT2D eigenvalue weighted by atomic mass is 14.8. The molecule has 4 aromatic rings. The van der Waals surface area contributed by atoms with Crippen LogP contribution in [-0.4, -0.2) is 24.5 Å². The molecule has 1 spiro atoms.